The molecule has 1 aromatic rings. The Labute approximate surface area is 118 Å². The first kappa shape index (κ1) is 14.1. The first-order chi connectivity index (χ1) is 8.78. The van der Waals surface area contributed by atoms with E-state index < -0.39 is 0 Å². The van der Waals surface area contributed by atoms with Crippen LogP contribution in [0.2, 0.25) is 0 Å². The van der Waals surface area contributed by atoms with Crippen LogP contribution in [0.15, 0.2) is 21.2 Å². The Balaban J connectivity index is 1.86. The molecule has 1 aliphatic rings. The van der Waals surface area contributed by atoms with Gasteiger partial charge in [-0.2, -0.15) is 0 Å². The highest BCUT2D eigenvalue weighted by molar-refractivity contribution is 9.10. The summed E-state index contributed by atoms with van der Waals surface area (Å²) in [6, 6.07) is 4.68. The van der Waals surface area contributed by atoms with Gasteiger partial charge in [-0.15, -0.1) is 0 Å². The standard InChI is InChI=1S/C14H23BrN2O/c1-2-9-17(10-12-5-3-4-8-16-12)11-13-6-7-14(15)18-13/h6-7,12,16H,2-5,8-11H2,1H3. The molecule has 3 nitrogen and oxygen atoms in total. The summed E-state index contributed by atoms with van der Waals surface area (Å²) in [4.78, 5) is 2.49. The SMILES string of the molecule is CCCN(Cc1ccc(Br)o1)CC1CCCCN1. The molecule has 0 spiro atoms. The molecule has 1 atom stereocenters. The number of hydrogen-bond donors (Lipinski definition) is 1. The molecule has 1 saturated heterocycles. The quantitative estimate of drug-likeness (QED) is 0.872. The summed E-state index contributed by atoms with van der Waals surface area (Å²) in [5, 5.41) is 3.62. The highest BCUT2D eigenvalue weighted by Gasteiger charge is 2.17. The minimum atomic E-state index is 0.656. The zero-order valence-corrected chi connectivity index (χ0v) is 12.7. The fourth-order valence-corrected chi connectivity index (χ4v) is 2.94. The molecule has 1 aliphatic heterocycles. The minimum Gasteiger partial charge on any atom is -0.453 e. The van der Waals surface area contributed by atoms with Crippen molar-refractivity contribution in [3.63, 3.8) is 0 Å². The number of nitrogens with one attached hydrogen (secondary N) is 1. The van der Waals surface area contributed by atoms with Gasteiger partial charge in [-0.05, 0) is 60.4 Å². The monoisotopic (exact) mass is 314 g/mol. The molecular weight excluding hydrogens is 292 g/mol. The normalized spacial score (nSPS) is 20.5. The van der Waals surface area contributed by atoms with Crippen LogP contribution in [0.1, 0.15) is 38.4 Å². The van der Waals surface area contributed by atoms with Crippen molar-refractivity contribution in [2.24, 2.45) is 0 Å². The summed E-state index contributed by atoms with van der Waals surface area (Å²) < 4.78 is 6.43. The summed E-state index contributed by atoms with van der Waals surface area (Å²) in [5.74, 6) is 1.05. The summed E-state index contributed by atoms with van der Waals surface area (Å²) >= 11 is 3.36. The Morgan fingerprint density at radius 3 is 2.94 bits per heavy atom. The van der Waals surface area contributed by atoms with E-state index in [1.54, 1.807) is 0 Å². The van der Waals surface area contributed by atoms with E-state index in [-0.39, 0.29) is 0 Å². The van der Waals surface area contributed by atoms with E-state index in [1.165, 1.54) is 32.2 Å². The van der Waals surface area contributed by atoms with Gasteiger partial charge >= 0.3 is 0 Å². The first-order valence-corrected chi connectivity index (χ1v) is 7.77. The van der Waals surface area contributed by atoms with Crippen LogP contribution in [0.25, 0.3) is 0 Å². The zero-order chi connectivity index (χ0) is 12.8. The maximum absolute atomic E-state index is 5.60. The van der Waals surface area contributed by atoms with Crippen LogP contribution in [0.3, 0.4) is 0 Å². The molecule has 18 heavy (non-hydrogen) atoms. The highest BCUT2D eigenvalue weighted by atomic mass is 79.9. The molecule has 1 aromatic heterocycles. The molecular formula is C14H23BrN2O. The maximum Gasteiger partial charge on any atom is 0.169 e. The van der Waals surface area contributed by atoms with Crippen LogP contribution in [-0.2, 0) is 6.54 Å². The Morgan fingerprint density at radius 2 is 2.33 bits per heavy atom. The molecule has 0 saturated carbocycles. The molecule has 0 bridgehead atoms. The summed E-state index contributed by atoms with van der Waals surface area (Å²) in [7, 11) is 0. The second-order valence-electron chi connectivity index (χ2n) is 5.09. The van der Waals surface area contributed by atoms with E-state index >= 15 is 0 Å². The highest BCUT2D eigenvalue weighted by Crippen LogP contribution is 2.17. The number of rotatable bonds is 6. The molecule has 0 radical (unpaired) electrons. The molecule has 1 unspecified atom stereocenters. The van der Waals surface area contributed by atoms with E-state index in [0.29, 0.717) is 6.04 Å². The third kappa shape index (κ3) is 4.41. The van der Waals surface area contributed by atoms with Crippen molar-refractivity contribution in [3.05, 3.63) is 22.6 Å². The van der Waals surface area contributed by atoms with Crippen LogP contribution in [-0.4, -0.2) is 30.6 Å². The topological polar surface area (TPSA) is 28.4 Å². The Morgan fingerprint density at radius 1 is 1.44 bits per heavy atom. The largest absolute Gasteiger partial charge is 0.453 e. The molecule has 0 aliphatic carbocycles. The van der Waals surface area contributed by atoms with Gasteiger partial charge in [0.25, 0.3) is 0 Å². The average molecular weight is 315 g/mol. The van der Waals surface area contributed by atoms with Gasteiger partial charge in [-0.25, -0.2) is 0 Å². The Bertz CT molecular complexity index is 347. The van der Waals surface area contributed by atoms with Gasteiger partial charge in [-0.1, -0.05) is 13.3 Å². The molecule has 4 heteroatoms. The minimum absolute atomic E-state index is 0.656. The van der Waals surface area contributed by atoms with Crippen LogP contribution in [0, 0.1) is 0 Å². The van der Waals surface area contributed by atoms with E-state index in [4.69, 9.17) is 4.42 Å². The second kappa shape index (κ2) is 7.31. The zero-order valence-electron chi connectivity index (χ0n) is 11.1. The van der Waals surface area contributed by atoms with E-state index in [9.17, 15) is 0 Å². The van der Waals surface area contributed by atoms with E-state index in [2.05, 4.69) is 39.1 Å². The summed E-state index contributed by atoms with van der Waals surface area (Å²) in [6.45, 7) is 6.59. The fourth-order valence-electron chi connectivity index (χ4n) is 2.60. The van der Waals surface area contributed by atoms with Crippen molar-refractivity contribution < 1.29 is 4.42 Å². The summed E-state index contributed by atoms with van der Waals surface area (Å²) in [5.41, 5.74) is 0. The number of nitrogens with zero attached hydrogens (tertiary/aromatic N) is 1. The van der Waals surface area contributed by atoms with Gasteiger partial charge in [0, 0.05) is 12.6 Å². The number of piperidine rings is 1. The van der Waals surface area contributed by atoms with Gasteiger partial charge in [0.15, 0.2) is 4.67 Å². The molecule has 0 amide bonds. The summed E-state index contributed by atoms with van der Waals surface area (Å²) in [6.07, 6.45) is 5.19. The van der Waals surface area contributed by atoms with Gasteiger partial charge in [0.05, 0.1) is 6.54 Å². The van der Waals surface area contributed by atoms with E-state index in [0.717, 1.165) is 30.1 Å². The van der Waals surface area contributed by atoms with E-state index in [1.807, 2.05) is 6.07 Å². The predicted molar refractivity (Wildman–Crippen MR) is 77.6 cm³/mol. The number of halogens is 1. The van der Waals surface area contributed by atoms with Crippen molar-refractivity contribution in [1.82, 2.24) is 10.2 Å². The fraction of sp³-hybridized carbons (Fsp3) is 0.714. The molecule has 102 valence electrons. The van der Waals surface area contributed by atoms with Crippen LogP contribution < -0.4 is 5.32 Å². The van der Waals surface area contributed by atoms with Gasteiger partial charge < -0.3 is 9.73 Å². The van der Waals surface area contributed by atoms with Gasteiger partial charge in [0.1, 0.15) is 5.76 Å². The smallest absolute Gasteiger partial charge is 0.169 e. The van der Waals surface area contributed by atoms with Crippen LogP contribution in [0.4, 0.5) is 0 Å². The van der Waals surface area contributed by atoms with Crippen molar-refractivity contribution >= 4 is 15.9 Å². The predicted octanol–water partition coefficient (Wildman–Crippen LogP) is 3.40. The van der Waals surface area contributed by atoms with Crippen molar-refractivity contribution in [1.29, 1.82) is 0 Å². The molecule has 1 fully saturated rings. The Hall–Kier alpha value is -0.320. The number of furan rings is 1. The lowest BCUT2D eigenvalue weighted by atomic mass is 10.0. The van der Waals surface area contributed by atoms with Gasteiger partial charge in [0.2, 0.25) is 0 Å². The maximum atomic E-state index is 5.60. The lowest BCUT2D eigenvalue weighted by molar-refractivity contribution is 0.202. The van der Waals surface area contributed by atoms with Crippen molar-refractivity contribution in [2.45, 2.75) is 45.2 Å². The van der Waals surface area contributed by atoms with Crippen LogP contribution >= 0.6 is 15.9 Å². The average Bonchev–Trinajstić information content (AvgIpc) is 2.76. The molecule has 1 N–H and O–H groups in total. The lowest BCUT2D eigenvalue weighted by Crippen LogP contribution is -2.43. The van der Waals surface area contributed by atoms with Crippen molar-refractivity contribution in [3.8, 4) is 0 Å². The molecule has 2 rings (SSSR count). The molecule has 0 aromatic carbocycles. The van der Waals surface area contributed by atoms with Gasteiger partial charge in [-0.3, -0.25) is 4.90 Å². The Kier molecular flexibility index (Phi) is 5.73. The first-order valence-electron chi connectivity index (χ1n) is 6.98. The van der Waals surface area contributed by atoms with Crippen LogP contribution in [0.5, 0.6) is 0 Å². The van der Waals surface area contributed by atoms with Crippen molar-refractivity contribution in [2.75, 3.05) is 19.6 Å². The third-order valence-corrected chi connectivity index (χ3v) is 3.87. The second-order valence-corrected chi connectivity index (χ2v) is 5.87. The lowest BCUT2D eigenvalue weighted by Gasteiger charge is -2.29. The third-order valence-electron chi connectivity index (χ3n) is 3.44. The number of hydrogen-bond acceptors (Lipinski definition) is 3. The molecule has 2 heterocycles.